The van der Waals surface area contributed by atoms with Crippen molar-refractivity contribution in [1.29, 1.82) is 0 Å². The van der Waals surface area contributed by atoms with Gasteiger partial charge in [-0.3, -0.25) is 4.79 Å². The molecule has 1 aliphatic rings. The number of ether oxygens (including phenoxy) is 1. The molecule has 2 N–H and O–H groups in total. The van der Waals surface area contributed by atoms with Crippen LogP contribution in [0, 0.1) is 5.82 Å². The molecular weight excluding hydrogens is 269 g/mol. The maximum Gasteiger partial charge on any atom is 0.195 e. The van der Waals surface area contributed by atoms with E-state index < -0.39 is 5.82 Å². The van der Waals surface area contributed by atoms with Gasteiger partial charge in [-0.1, -0.05) is 13.8 Å². The Bertz CT molecular complexity index is 738. The molecule has 0 amide bonds. The highest BCUT2D eigenvalue weighted by Gasteiger charge is 2.32. The van der Waals surface area contributed by atoms with Gasteiger partial charge in [0.15, 0.2) is 5.78 Å². The molecule has 2 aromatic carbocycles. The summed E-state index contributed by atoms with van der Waals surface area (Å²) in [5.74, 6) is -0.164. The zero-order valence-electron chi connectivity index (χ0n) is 11.9. The summed E-state index contributed by atoms with van der Waals surface area (Å²) in [4.78, 5) is 12.5. The van der Waals surface area contributed by atoms with E-state index >= 15 is 0 Å². The van der Waals surface area contributed by atoms with Gasteiger partial charge >= 0.3 is 0 Å². The quantitative estimate of drug-likeness (QED) is 0.680. The van der Waals surface area contributed by atoms with Crippen molar-refractivity contribution in [3.8, 4) is 5.75 Å². The largest absolute Gasteiger partial charge is 0.492 e. The SMILES string of the molecule is CC1(C)COc2ccc(C(=O)c3ccc(N)cc3F)cc21. The molecule has 0 bridgehead atoms. The van der Waals surface area contributed by atoms with E-state index in [2.05, 4.69) is 13.8 Å². The first-order chi connectivity index (χ1) is 9.88. The zero-order valence-corrected chi connectivity index (χ0v) is 11.9. The van der Waals surface area contributed by atoms with Crippen LogP contribution in [-0.4, -0.2) is 12.4 Å². The van der Waals surface area contributed by atoms with Gasteiger partial charge in [-0.15, -0.1) is 0 Å². The van der Waals surface area contributed by atoms with Gasteiger partial charge in [0.1, 0.15) is 11.6 Å². The Morgan fingerprint density at radius 3 is 2.71 bits per heavy atom. The van der Waals surface area contributed by atoms with Crippen LogP contribution in [0.4, 0.5) is 10.1 Å². The maximum absolute atomic E-state index is 13.9. The minimum atomic E-state index is -0.601. The predicted octanol–water partition coefficient (Wildman–Crippen LogP) is 3.31. The normalized spacial score (nSPS) is 15.4. The highest BCUT2D eigenvalue weighted by atomic mass is 19.1. The summed E-state index contributed by atoms with van der Waals surface area (Å²) in [5.41, 5.74) is 7.12. The Kier molecular flexibility index (Phi) is 2.97. The van der Waals surface area contributed by atoms with Crippen LogP contribution in [0.15, 0.2) is 36.4 Å². The molecule has 3 nitrogen and oxygen atoms in total. The molecule has 0 radical (unpaired) electrons. The lowest BCUT2D eigenvalue weighted by Gasteiger charge is -2.15. The first-order valence-electron chi connectivity index (χ1n) is 6.75. The molecule has 1 aliphatic heterocycles. The van der Waals surface area contributed by atoms with Gasteiger partial charge in [-0.2, -0.15) is 0 Å². The molecule has 0 aliphatic carbocycles. The topological polar surface area (TPSA) is 52.3 Å². The summed E-state index contributed by atoms with van der Waals surface area (Å²) in [5, 5.41) is 0. The van der Waals surface area contributed by atoms with Gasteiger partial charge in [0, 0.05) is 22.2 Å². The smallest absolute Gasteiger partial charge is 0.195 e. The van der Waals surface area contributed by atoms with Gasteiger partial charge in [-0.25, -0.2) is 4.39 Å². The predicted molar refractivity (Wildman–Crippen MR) is 79.2 cm³/mol. The van der Waals surface area contributed by atoms with Crippen molar-refractivity contribution in [3.63, 3.8) is 0 Å². The first-order valence-corrected chi connectivity index (χ1v) is 6.75. The number of hydrogen-bond acceptors (Lipinski definition) is 3. The number of ketones is 1. The van der Waals surface area contributed by atoms with Crippen molar-refractivity contribution >= 4 is 11.5 Å². The van der Waals surface area contributed by atoms with Gasteiger partial charge in [0.25, 0.3) is 0 Å². The molecule has 0 unspecified atom stereocenters. The third-order valence-electron chi connectivity index (χ3n) is 3.80. The van der Waals surface area contributed by atoms with Crippen LogP contribution in [0.1, 0.15) is 35.3 Å². The minimum Gasteiger partial charge on any atom is -0.492 e. The maximum atomic E-state index is 13.9. The number of anilines is 1. The van der Waals surface area contributed by atoms with Crippen LogP contribution in [0.2, 0.25) is 0 Å². The van der Waals surface area contributed by atoms with Crippen LogP contribution < -0.4 is 10.5 Å². The number of hydrogen-bond donors (Lipinski definition) is 1. The summed E-state index contributed by atoms with van der Waals surface area (Å²) in [6.45, 7) is 4.68. The highest BCUT2D eigenvalue weighted by molar-refractivity contribution is 6.09. The van der Waals surface area contributed by atoms with Gasteiger partial charge in [0.05, 0.1) is 12.2 Å². The van der Waals surface area contributed by atoms with E-state index in [0.717, 1.165) is 17.4 Å². The van der Waals surface area contributed by atoms with E-state index in [1.807, 2.05) is 0 Å². The van der Waals surface area contributed by atoms with Crippen LogP contribution in [0.25, 0.3) is 0 Å². The summed E-state index contributed by atoms with van der Waals surface area (Å²) >= 11 is 0. The van der Waals surface area contributed by atoms with Crippen LogP contribution >= 0.6 is 0 Å². The molecule has 0 aromatic heterocycles. The molecule has 0 saturated heterocycles. The summed E-state index contributed by atoms with van der Waals surface area (Å²) in [7, 11) is 0. The number of rotatable bonds is 2. The van der Waals surface area contributed by atoms with E-state index in [0.29, 0.717) is 17.9 Å². The van der Waals surface area contributed by atoms with E-state index in [1.165, 1.54) is 12.1 Å². The monoisotopic (exact) mass is 285 g/mol. The Morgan fingerprint density at radius 1 is 1.24 bits per heavy atom. The van der Waals surface area contributed by atoms with Crippen LogP contribution in [0.5, 0.6) is 5.75 Å². The molecule has 0 atom stereocenters. The average Bonchev–Trinajstić information content (AvgIpc) is 2.74. The Balaban J connectivity index is 2.03. The van der Waals surface area contributed by atoms with E-state index in [4.69, 9.17) is 10.5 Å². The number of nitrogens with two attached hydrogens (primary N) is 1. The van der Waals surface area contributed by atoms with Crippen molar-refractivity contribution in [3.05, 3.63) is 58.9 Å². The molecule has 0 saturated carbocycles. The third kappa shape index (κ3) is 2.27. The summed E-state index contributed by atoms with van der Waals surface area (Å²) in [6.07, 6.45) is 0. The second-order valence-electron chi connectivity index (χ2n) is 5.95. The Morgan fingerprint density at radius 2 is 2.00 bits per heavy atom. The molecule has 2 aromatic rings. The first kappa shape index (κ1) is 13.6. The van der Waals surface area contributed by atoms with Crippen molar-refractivity contribution in [2.45, 2.75) is 19.3 Å². The lowest BCUT2D eigenvalue weighted by molar-refractivity contribution is 0.103. The fourth-order valence-corrected chi connectivity index (χ4v) is 2.53. The van der Waals surface area contributed by atoms with Gasteiger partial charge in [0.2, 0.25) is 0 Å². The molecule has 21 heavy (non-hydrogen) atoms. The lowest BCUT2D eigenvalue weighted by atomic mass is 9.85. The van der Waals surface area contributed by atoms with E-state index in [1.54, 1.807) is 18.2 Å². The van der Waals surface area contributed by atoms with Crippen molar-refractivity contribution in [2.24, 2.45) is 0 Å². The molecule has 1 heterocycles. The second-order valence-corrected chi connectivity index (χ2v) is 5.95. The van der Waals surface area contributed by atoms with Gasteiger partial charge in [-0.05, 0) is 36.4 Å². The third-order valence-corrected chi connectivity index (χ3v) is 3.80. The van der Waals surface area contributed by atoms with Gasteiger partial charge < -0.3 is 10.5 Å². The zero-order chi connectivity index (χ0) is 15.2. The highest BCUT2D eigenvalue weighted by Crippen LogP contribution is 2.39. The summed E-state index contributed by atoms with van der Waals surface area (Å²) < 4.78 is 19.5. The van der Waals surface area contributed by atoms with E-state index in [-0.39, 0.29) is 16.8 Å². The second kappa shape index (κ2) is 4.58. The van der Waals surface area contributed by atoms with Crippen molar-refractivity contribution in [1.82, 2.24) is 0 Å². The number of nitrogen functional groups attached to an aromatic ring is 1. The summed E-state index contributed by atoms with van der Waals surface area (Å²) in [6, 6.07) is 9.33. The van der Waals surface area contributed by atoms with Crippen molar-refractivity contribution in [2.75, 3.05) is 12.3 Å². The lowest BCUT2D eigenvalue weighted by Crippen LogP contribution is -2.18. The molecule has 0 spiro atoms. The molecule has 0 fully saturated rings. The number of halogens is 1. The number of fused-ring (bicyclic) bond motifs is 1. The van der Waals surface area contributed by atoms with Crippen LogP contribution in [0.3, 0.4) is 0 Å². The molecule has 108 valence electrons. The van der Waals surface area contributed by atoms with E-state index in [9.17, 15) is 9.18 Å². The molecule has 3 rings (SSSR count). The number of benzene rings is 2. The average molecular weight is 285 g/mol. The number of carbonyl (C=O) groups excluding carboxylic acids is 1. The van der Waals surface area contributed by atoms with Crippen molar-refractivity contribution < 1.29 is 13.9 Å². The minimum absolute atomic E-state index is 0.0286. The molecular formula is C17H16FNO2. The Hall–Kier alpha value is -2.36. The fraction of sp³-hybridized carbons (Fsp3) is 0.235. The number of carbonyl (C=O) groups is 1. The Labute approximate surface area is 122 Å². The molecule has 4 heteroatoms. The fourth-order valence-electron chi connectivity index (χ4n) is 2.53. The standard InChI is InChI=1S/C17H16FNO2/c1-17(2)9-21-15-6-3-10(7-13(15)17)16(20)12-5-4-11(19)8-14(12)18/h3-8H,9,19H2,1-2H3. The van der Waals surface area contributed by atoms with Crippen LogP contribution in [-0.2, 0) is 5.41 Å².